The summed E-state index contributed by atoms with van der Waals surface area (Å²) >= 11 is 0. The van der Waals surface area contributed by atoms with Gasteiger partial charge in [0.15, 0.2) is 0 Å². The highest BCUT2D eigenvalue weighted by Crippen LogP contribution is 2.07. The van der Waals surface area contributed by atoms with Gasteiger partial charge >= 0.3 is 0 Å². The summed E-state index contributed by atoms with van der Waals surface area (Å²) in [6.45, 7) is 14.1. The van der Waals surface area contributed by atoms with E-state index in [2.05, 4.69) is 31.4 Å². The highest BCUT2D eigenvalue weighted by atomic mass is 14.7. The number of allylic oxidation sites excluding steroid dienone is 4. The Morgan fingerprint density at radius 2 is 1.50 bits per heavy atom. The van der Waals surface area contributed by atoms with Crippen molar-refractivity contribution in [2.24, 2.45) is 4.99 Å². The zero-order chi connectivity index (χ0) is 7.98. The molecule has 0 aliphatic heterocycles. The molecule has 0 amide bonds. The quantitative estimate of drug-likeness (QED) is 0.412. The lowest BCUT2D eigenvalue weighted by Gasteiger charge is -1.95. The first-order valence-electron chi connectivity index (χ1n) is 2.88. The van der Waals surface area contributed by atoms with Crippen LogP contribution in [0.4, 0.5) is 0 Å². The molecule has 52 valence electrons. The highest BCUT2D eigenvalue weighted by molar-refractivity contribution is 5.42. The second kappa shape index (κ2) is 4.50. The third kappa shape index (κ3) is 1.86. The number of nitrogens with zero attached hydrogens (tertiary/aromatic N) is 1. The second-order valence-electron chi connectivity index (χ2n) is 1.61. The molecular weight excluding hydrogens is 122 g/mol. The van der Waals surface area contributed by atoms with Crippen LogP contribution in [0, 0.1) is 0 Å². The number of hydrogen-bond acceptors (Lipinski definition) is 1. The van der Waals surface area contributed by atoms with E-state index < -0.39 is 0 Å². The Bertz CT molecular complexity index is 155. The smallest absolute Gasteiger partial charge is 0.0688 e. The SMILES string of the molecule is C=CC(C=C)=C(C=C)N=C. The topological polar surface area (TPSA) is 12.4 Å². The fourth-order valence-corrected chi connectivity index (χ4v) is 0.566. The zero-order valence-electron chi connectivity index (χ0n) is 6.01. The Balaban J connectivity index is 4.85. The van der Waals surface area contributed by atoms with Crippen LogP contribution in [0.1, 0.15) is 0 Å². The van der Waals surface area contributed by atoms with Crippen molar-refractivity contribution in [3.05, 3.63) is 49.2 Å². The molecule has 0 aromatic rings. The van der Waals surface area contributed by atoms with Gasteiger partial charge in [-0.05, 0) is 18.4 Å². The van der Waals surface area contributed by atoms with Gasteiger partial charge in [-0.2, -0.15) is 0 Å². The number of rotatable bonds is 4. The molecule has 0 saturated carbocycles. The van der Waals surface area contributed by atoms with Crippen LogP contribution < -0.4 is 0 Å². The Morgan fingerprint density at radius 3 is 1.60 bits per heavy atom. The van der Waals surface area contributed by atoms with Gasteiger partial charge in [0.25, 0.3) is 0 Å². The molecule has 0 aliphatic carbocycles. The molecule has 0 spiro atoms. The standard InChI is InChI=1S/C9H11N/c1-5-8(6-2)9(7-3)10-4/h5-7H,1-4H2. The minimum Gasteiger partial charge on any atom is -0.264 e. The van der Waals surface area contributed by atoms with E-state index in [4.69, 9.17) is 0 Å². The summed E-state index contributed by atoms with van der Waals surface area (Å²) < 4.78 is 0. The van der Waals surface area contributed by atoms with Crippen LogP contribution >= 0.6 is 0 Å². The molecule has 1 nitrogen and oxygen atoms in total. The molecule has 0 heterocycles. The molecule has 0 fully saturated rings. The van der Waals surface area contributed by atoms with E-state index in [0.717, 1.165) is 5.57 Å². The third-order valence-corrected chi connectivity index (χ3v) is 1.10. The minimum atomic E-state index is 0.713. The maximum absolute atomic E-state index is 3.72. The molecule has 10 heavy (non-hydrogen) atoms. The minimum absolute atomic E-state index is 0.713. The summed E-state index contributed by atoms with van der Waals surface area (Å²) in [5.41, 5.74) is 1.56. The molecule has 0 radical (unpaired) electrons. The second-order valence-corrected chi connectivity index (χ2v) is 1.61. The molecule has 1 heteroatoms. The van der Waals surface area contributed by atoms with Crippen molar-refractivity contribution in [2.75, 3.05) is 0 Å². The van der Waals surface area contributed by atoms with E-state index in [-0.39, 0.29) is 0 Å². The molecule has 0 aromatic carbocycles. The van der Waals surface area contributed by atoms with Crippen LogP contribution in [0.5, 0.6) is 0 Å². The van der Waals surface area contributed by atoms with Gasteiger partial charge in [-0.1, -0.05) is 31.9 Å². The van der Waals surface area contributed by atoms with Crippen molar-refractivity contribution in [3.8, 4) is 0 Å². The lowest BCUT2D eigenvalue weighted by Crippen LogP contribution is -1.76. The summed E-state index contributed by atoms with van der Waals surface area (Å²) in [5.74, 6) is 0. The van der Waals surface area contributed by atoms with Gasteiger partial charge in [-0.25, -0.2) is 0 Å². The van der Waals surface area contributed by atoms with Gasteiger partial charge in [0.05, 0.1) is 5.70 Å². The summed E-state index contributed by atoms with van der Waals surface area (Å²) in [6.07, 6.45) is 4.95. The maximum Gasteiger partial charge on any atom is 0.0688 e. The fraction of sp³-hybridized carbons (Fsp3) is 0. The Kier molecular flexibility index (Phi) is 3.89. The van der Waals surface area contributed by atoms with Crippen molar-refractivity contribution >= 4 is 6.72 Å². The van der Waals surface area contributed by atoms with E-state index in [1.54, 1.807) is 18.2 Å². The molecule has 0 bridgehead atoms. The van der Waals surface area contributed by atoms with Gasteiger partial charge in [-0.15, -0.1) is 0 Å². The normalized spacial score (nSPS) is 7.60. The molecule has 0 saturated heterocycles. The Morgan fingerprint density at radius 1 is 1.00 bits per heavy atom. The van der Waals surface area contributed by atoms with E-state index in [1.807, 2.05) is 0 Å². The summed E-state index contributed by atoms with van der Waals surface area (Å²) in [5, 5.41) is 0. The number of aliphatic imine (C=N–C) groups is 1. The van der Waals surface area contributed by atoms with Crippen LogP contribution in [0.25, 0.3) is 0 Å². The van der Waals surface area contributed by atoms with Crippen molar-refractivity contribution in [3.63, 3.8) is 0 Å². The van der Waals surface area contributed by atoms with Gasteiger partial charge in [-0.3, -0.25) is 4.99 Å². The van der Waals surface area contributed by atoms with E-state index >= 15 is 0 Å². The zero-order valence-corrected chi connectivity index (χ0v) is 6.01. The average molecular weight is 133 g/mol. The van der Waals surface area contributed by atoms with Crippen molar-refractivity contribution in [2.45, 2.75) is 0 Å². The molecule has 0 rings (SSSR count). The molecule has 0 aliphatic rings. The van der Waals surface area contributed by atoms with Gasteiger partial charge in [0.2, 0.25) is 0 Å². The van der Waals surface area contributed by atoms with Crippen molar-refractivity contribution in [1.29, 1.82) is 0 Å². The molecule has 0 aromatic heterocycles. The van der Waals surface area contributed by atoms with Crippen molar-refractivity contribution < 1.29 is 0 Å². The van der Waals surface area contributed by atoms with Crippen LogP contribution in [0.3, 0.4) is 0 Å². The lowest BCUT2D eigenvalue weighted by molar-refractivity contribution is 1.39. The van der Waals surface area contributed by atoms with Gasteiger partial charge in [0.1, 0.15) is 0 Å². The molecule has 0 N–H and O–H groups in total. The maximum atomic E-state index is 3.72. The van der Waals surface area contributed by atoms with E-state index in [0.29, 0.717) is 5.70 Å². The van der Waals surface area contributed by atoms with Crippen LogP contribution in [-0.2, 0) is 0 Å². The van der Waals surface area contributed by atoms with E-state index in [9.17, 15) is 0 Å². The monoisotopic (exact) mass is 133 g/mol. The summed E-state index contributed by atoms with van der Waals surface area (Å²) in [4.78, 5) is 3.72. The summed E-state index contributed by atoms with van der Waals surface area (Å²) in [6, 6.07) is 0. The van der Waals surface area contributed by atoms with E-state index in [1.165, 1.54) is 0 Å². The van der Waals surface area contributed by atoms with Crippen LogP contribution in [0.15, 0.2) is 54.2 Å². The van der Waals surface area contributed by atoms with Gasteiger partial charge < -0.3 is 0 Å². The van der Waals surface area contributed by atoms with Crippen LogP contribution in [-0.4, -0.2) is 6.72 Å². The first-order valence-corrected chi connectivity index (χ1v) is 2.88. The first kappa shape index (κ1) is 8.63. The number of hydrogen-bond donors (Lipinski definition) is 0. The van der Waals surface area contributed by atoms with Gasteiger partial charge in [0, 0.05) is 0 Å². The Hall–Kier alpha value is -1.37. The predicted octanol–water partition coefficient (Wildman–Crippen LogP) is 2.50. The third-order valence-electron chi connectivity index (χ3n) is 1.10. The molecular formula is C9H11N. The highest BCUT2D eigenvalue weighted by Gasteiger charge is 1.90. The van der Waals surface area contributed by atoms with Crippen LogP contribution in [0.2, 0.25) is 0 Å². The van der Waals surface area contributed by atoms with Crippen molar-refractivity contribution in [1.82, 2.24) is 0 Å². The fourth-order valence-electron chi connectivity index (χ4n) is 0.566. The Labute approximate surface area is 61.8 Å². The first-order chi connectivity index (χ1) is 4.79. The molecule has 0 unspecified atom stereocenters. The molecule has 0 atom stereocenters. The summed E-state index contributed by atoms with van der Waals surface area (Å²) in [7, 11) is 0. The average Bonchev–Trinajstić information content (AvgIpc) is 2.00. The predicted molar refractivity (Wildman–Crippen MR) is 47.2 cm³/mol. The largest absolute Gasteiger partial charge is 0.264 e. The lowest BCUT2D eigenvalue weighted by atomic mass is 10.2.